The van der Waals surface area contributed by atoms with E-state index in [0.717, 1.165) is 43.7 Å². The molecular formula is C20H27N3O3S. The summed E-state index contributed by atoms with van der Waals surface area (Å²) in [4.78, 5) is 5.01. The Balaban J connectivity index is 1.54. The van der Waals surface area contributed by atoms with Crippen LogP contribution in [-0.2, 0) is 34.1 Å². The summed E-state index contributed by atoms with van der Waals surface area (Å²) < 4.78 is 35.3. The van der Waals surface area contributed by atoms with Crippen molar-refractivity contribution in [3.8, 4) is 0 Å². The Morgan fingerprint density at radius 1 is 1.26 bits per heavy atom. The number of fused-ring (bicyclic) bond motifs is 1. The molecule has 1 aromatic heterocycles. The van der Waals surface area contributed by atoms with Crippen LogP contribution < -0.4 is 0 Å². The predicted molar refractivity (Wildman–Crippen MR) is 103 cm³/mol. The molecule has 4 rings (SSSR count). The van der Waals surface area contributed by atoms with Crippen molar-refractivity contribution in [1.82, 2.24) is 13.9 Å². The average molecular weight is 390 g/mol. The van der Waals surface area contributed by atoms with Gasteiger partial charge in [-0.15, -0.1) is 0 Å². The van der Waals surface area contributed by atoms with Gasteiger partial charge in [0, 0.05) is 44.6 Å². The van der Waals surface area contributed by atoms with Crippen LogP contribution in [0.5, 0.6) is 0 Å². The molecule has 27 heavy (non-hydrogen) atoms. The molecule has 2 heterocycles. The summed E-state index contributed by atoms with van der Waals surface area (Å²) in [5.41, 5.74) is 3.57. The van der Waals surface area contributed by atoms with E-state index in [1.54, 1.807) is 17.5 Å². The second-order valence-electron chi connectivity index (χ2n) is 7.53. The summed E-state index contributed by atoms with van der Waals surface area (Å²) in [5.74, 6) is 1.09. The molecule has 1 fully saturated rings. The van der Waals surface area contributed by atoms with E-state index in [0.29, 0.717) is 24.6 Å². The Morgan fingerprint density at radius 3 is 2.89 bits per heavy atom. The van der Waals surface area contributed by atoms with Crippen LogP contribution in [0.15, 0.2) is 29.3 Å². The van der Waals surface area contributed by atoms with Gasteiger partial charge in [-0.25, -0.2) is 13.4 Å². The van der Waals surface area contributed by atoms with Crippen molar-refractivity contribution in [3.05, 3.63) is 47.0 Å². The number of ether oxygens (including phenoxy) is 1. The highest BCUT2D eigenvalue weighted by atomic mass is 32.2. The zero-order valence-electron chi connectivity index (χ0n) is 16.0. The summed E-state index contributed by atoms with van der Waals surface area (Å²) in [7, 11) is -1.77. The summed E-state index contributed by atoms with van der Waals surface area (Å²) >= 11 is 0. The Bertz CT molecular complexity index is 936. The van der Waals surface area contributed by atoms with Crippen molar-refractivity contribution in [1.29, 1.82) is 0 Å². The lowest BCUT2D eigenvalue weighted by Crippen LogP contribution is -2.29. The molecule has 2 aromatic rings. The number of aromatic nitrogens is 2. The molecule has 7 heteroatoms. The first kappa shape index (κ1) is 18.7. The normalized spacial score (nSPS) is 20.3. The van der Waals surface area contributed by atoms with Crippen molar-refractivity contribution in [3.63, 3.8) is 0 Å². The van der Waals surface area contributed by atoms with Gasteiger partial charge in [-0.3, -0.25) is 0 Å². The molecule has 0 spiro atoms. The number of imidazole rings is 1. The minimum atomic E-state index is -3.45. The maximum Gasteiger partial charge on any atom is 0.243 e. The molecule has 1 saturated heterocycles. The van der Waals surface area contributed by atoms with E-state index >= 15 is 0 Å². The monoisotopic (exact) mass is 389 g/mol. The fourth-order valence-corrected chi connectivity index (χ4v) is 5.85. The molecule has 1 unspecified atom stereocenters. The predicted octanol–water partition coefficient (Wildman–Crippen LogP) is 2.50. The molecular weight excluding hydrogens is 362 g/mol. The number of hydrogen-bond donors (Lipinski definition) is 0. The largest absolute Gasteiger partial charge is 0.383 e. The van der Waals surface area contributed by atoms with Crippen LogP contribution in [0.2, 0.25) is 0 Å². The van der Waals surface area contributed by atoms with Crippen molar-refractivity contribution >= 4 is 10.0 Å². The quantitative estimate of drug-likeness (QED) is 0.761. The first-order valence-corrected chi connectivity index (χ1v) is 11.1. The number of hydrogen-bond acceptors (Lipinski definition) is 4. The molecule has 0 radical (unpaired) electrons. The van der Waals surface area contributed by atoms with Crippen molar-refractivity contribution in [2.45, 2.75) is 50.0 Å². The van der Waals surface area contributed by atoms with E-state index in [9.17, 15) is 8.42 Å². The van der Waals surface area contributed by atoms with E-state index in [1.807, 2.05) is 25.3 Å². The lowest BCUT2D eigenvalue weighted by Gasteiger charge is -2.18. The highest BCUT2D eigenvalue weighted by Crippen LogP contribution is 2.32. The van der Waals surface area contributed by atoms with Gasteiger partial charge in [-0.2, -0.15) is 4.31 Å². The van der Waals surface area contributed by atoms with Crippen molar-refractivity contribution < 1.29 is 13.2 Å². The van der Waals surface area contributed by atoms with Gasteiger partial charge in [0.15, 0.2) is 0 Å². The van der Waals surface area contributed by atoms with E-state index in [1.165, 1.54) is 11.1 Å². The standard InChI is InChI=1S/C20H27N3O3S/c1-15-13-21-20(23(15)10-11-26-2)18-8-9-22(14-18)27(24,25)19-7-6-16-4-3-5-17(16)12-19/h6-7,12-13,18H,3-5,8-11,14H2,1-2H3. The first-order valence-electron chi connectivity index (χ1n) is 9.63. The molecule has 0 bridgehead atoms. The molecule has 2 aliphatic rings. The van der Waals surface area contributed by atoms with Gasteiger partial charge in [0.2, 0.25) is 10.0 Å². The minimum Gasteiger partial charge on any atom is -0.383 e. The SMILES string of the molecule is COCCn1c(C)cnc1C1CCN(S(=O)(=O)c2ccc3c(c2)CCC3)C1. The third-order valence-electron chi connectivity index (χ3n) is 5.83. The first-order chi connectivity index (χ1) is 13.0. The third kappa shape index (κ3) is 3.44. The summed E-state index contributed by atoms with van der Waals surface area (Å²) in [6.07, 6.45) is 5.83. The van der Waals surface area contributed by atoms with Gasteiger partial charge in [-0.1, -0.05) is 6.07 Å². The van der Waals surface area contributed by atoms with Crippen LogP contribution in [0, 0.1) is 6.92 Å². The van der Waals surface area contributed by atoms with Crippen LogP contribution in [-0.4, -0.2) is 49.1 Å². The summed E-state index contributed by atoms with van der Waals surface area (Å²) in [6, 6.07) is 5.65. The molecule has 146 valence electrons. The van der Waals surface area contributed by atoms with Crippen molar-refractivity contribution in [2.75, 3.05) is 26.8 Å². The lowest BCUT2D eigenvalue weighted by molar-refractivity contribution is 0.185. The number of aryl methyl sites for hydroxylation is 3. The van der Waals surface area contributed by atoms with Gasteiger partial charge in [0.25, 0.3) is 0 Å². The van der Waals surface area contributed by atoms with Gasteiger partial charge in [-0.05, 0) is 55.9 Å². The Morgan fingerprint density at radius 2 is 2.07 bits per heavy atom. The van der Waals surface area contributed by atoms with E-state index in [4.69, 9.17) is 4.74 Å². The topological polar surface area (TPSA) is 64.4 Å². The molecule has 0 amide bonds. The Kier molecular flexibility index (Phi) is 5.09. The zero-order valence-corrected chi connectivity index (χ0v) is 16.8. The lowest BCUT2D eigenvalue weighted by atomic mass is 10.1. The Labute approximate surface area is 161 Å². The average Bonchev–Trinajstić information content (AvgIpc) is 3.39. The third-order valence-corrected chi connectivity index (χ3v) is 7.69. The maximum atomic E-state index is 13.2. The summed E-state index contributed by atoms with van der Waals surface area (Å²) in [6.45, 7) is 4.42. The maximum absolute atomic E-state index is 13.2. The van der Waals surface area contributed by atoms with E-state index in [-0.39, 0.29) is 5.92 Å². The minimum absolute atomic E-state index is 0.125. The highest BCUT2D eigenvalue weighted by molar-refractivity contribution is 7.89. The molecule has 1 aliphatic carbocycles. The van der Waals surface area contributed by atoms with Crippen LogP contribution in [0.1, 0.15) is 41.4 Å². The zero-order chi connectivity index (χ0) is 19.0. The fourth-order valence-electron chi connectivity index (χ4n) is 4.29. The smallest absolute Gasteiger partial charge is 0.243 e. The molecule has 0 N–H and O–H groups in total. The highest BCUT2D eigenvalue weighted by Gasteiger charge is 2.35. The van der Waals surface area contributed by atoms with Gasteiger partial charge < -0.3 is 9.30 Å². The van der Waals surface area contributed by atoms with Crippen LogP contribution >= 0.6 is 0 Å². The molecule has 1 aromatic carbocycles. The van der Waals surface area contributed by atoms with Crippen LogP contribution in [0.3, 0.4) is 0 Å². The number of rotatable bonds is 6. The second kappa shape index (κ2) is 7.37. The van der Waals surface area contributed by atoms with Crippen molar-refractivity contribution in [2.24, 2.45) is 0 Å². The second-order valence-corrected chi connectivity index (χ2v) is 9.47. The van der Waals surface area contributed by atoms with Crippen LogP contribution in [0.25, 0.3) is 0 Å². The van der Waals surface area contributed by atoms with Gasteiger partial charge >= 0.3 is 0 Å². The number of sulfonamides is 1. The Hall–Kier alpha value is -1.70. The number of benzene rings is 1. The molecule has 1 atom stereocenters. The van der Waals surface area contributed by atoms with Gasteiger partial charge in [0.1, 0.15) is 5.82 Å². The van der Waals surface area contributed by atoms with E-state index in [2.05, 4.69) is 9.55 Å². The fraction of sp³-hybridized carbons (Fsp3) is 0.550. The van der Waals surface area contributed by atoms with Crippen LogP contribution in [0.4, 0.5) is 0 Å². The van der Waals surface area contributed by atoms with Gasteiger partial charge in [0.05, 0.1) is 11.5 Å². The van der Waals surface area contributed by atoms with E-state index < -0.39 is 10.0 Å². The molecule has 1 aliphatic heterocycles. The summed E-state index contributed by atoms with van der Waals surface area (Å²) in [5, 5.41) is 0. The molecule has 6 nitrogen and oxygen atoms in total. The molecule has 0 saturated carbocycles. The number of methoxy groups -OCH3 is 1. The number of nitrogens with zero attached hydrogens (tertiary/aromatic N) is 3.